The van der Waals surface area contributed by atoms with Crippen LogP contribution in [0.2, 0.25) is 0 Å². The maximum absolute atomic E-state index is 12.3. The van der Waals surface area contributed by atoms with Crippen LogP contribution in [-0.2, 0) is 10.0 Å². The fourth-order valence-corrected chi connectivity index (χ4v) is 3.82. The van der Waals surface area contributed by atoms with Crippen molar-refractivity contribution in [3.8, 4) is 0 Å². The van der Waals surface area contributed by atoms with Crippen molar-refractivity contribution in [1.82, 2.24) is 9.97 Å². The Hall–Kier alpha value is -2.68. The van der Waals surface area contributed by atoms with Crippen molar-refractivity contribution in [3.63, 3.8) is 0 Å². The lowest BCUT2D eigenvalue weighted by Gasteiger charge is -2.33. The Morgan fingerprint density at radius 1 is 1.30 bits per heavy atom. The third-order valence-electron chi connectivity index (χ3n) is 3.64. The van der Waals surface area contributed by atoms with Gasteiger partial charge in [0.15, 0.2) is 5.69 Å². The van der Waals surface area contributed by atoms with Crippen LogP contribution < -0.4 is 9.62 Å². The molecule has 23 heavy (non-hydrogen) atoms. The van der Waals surface area contributed by atoms with Crippen molar-refractivity contribution in [2.24, 2.45) is 0 Å². The molecule has 120 valence electrons. The first-order valence-electron chi connectivity index (χ1n) is 6.76. The van der Waals surface area contributed by atoms with E-state index in [9.17, 15) is 13.2 Å². The maximum atomic E-state index is 12.3. The molecule has 0 saturated carbocycles. The molecule has 1 aliphatic heterocycles. The number of carbonyl (C=O) groups is 1. The molecule has 0 fully saturated rings. The third kappa shape index (κ3) is 2.82. The van der Waals surface area contributed by atoms with Gasteiger partial charge in [0.1, 0.15) is 5.82 Å². The highest BCUT2D eigenvalue weighted by atomic mass is 32.2. The van der Waals surface area contributed by atoms with Gasteiger partial charge in [-0.15, -0.1) is 0 Å². The summed E-state index contributed by atoms with van der Waals surface area (Å²) in [5.74, 6) is -0.978. The van der Waals surface area contributed by atoms with Gasteiger partial charge in [0.05, 0.1) is 29.9 Å². The number of rotatable bonds is 3. The van der Waals surface area contributed by atoms with E-state index in [1.807, 2.05) is 12.1 Å². The standard InChI is InChI=1S/C14H14N4O4S/c1-18-12-5-3-2-4-9(12)11(8-23(18,21)22)17-13-7-15-10(6-16-13)14(19)20/h2-7,11H,8H2,1H3,(H,16,17)(H,19,20). The van der Waals surface area contributed by atoms with Crippen LogP contribution in [0, 0.1) is 0 Å². The van der Waals surface area contributed by atoms with Crippen molar-refractivity contribution in [2.45, 2.75) is 6.04 Å². The minimum Gasteiger partial charge on any atom is -0.476 e. The van der Waals surface area contributed by atoms with Crippen LogP contribution >= 0.6 is 0 Å². The average molecular weight is 334 g/mol. The number of nitrogens with zero attached hydrogens (tertiary/aromatic N) is 3. The number of aromatic nitrogens is 2. The van der Waals surface area contributed by atoms with Gasteiger partial charge in [-0.2, -0.15) is 0 Å². The fraction of sp³-hybridized carbons (Fsp3) is 0.214. The van der Waals surface area contributed by atoms with Gasteiger partial charge < -0.3 is 10.4 Å². The number of benzene rings is 1. The van der Waals surface area contributed by atoms with Crippen LogP contribution in [-0.4, -0.2) is 42.3 Å². The maximum Gasteiger partial charge on any atom is 0.356 e. The highest BCUT2D eigenvalue weighted by Gasteiger charge is 2.33. The van der Waals surface area contributed by atoms with Gasteiger partial charge in [-0.3, -0.25) is 4.31 Å². The summed E-state index contributed by atoms with van der Waals surface area (Å²) in [6.07, 6.45) is 2.40. The molecule has 0 spiro atoms. The number of para-hydroxylation sites is 1. The normalized spacial score (nSPS) is 19.0. The Morgan fingerprint density at radius 2 is 2.04 bits per heavy atom. The van der Waals surface area contributed by atoms with E-state index >= 15 is 0 Å². The van der Waals surface area contributed by atoms with E-state index in [0.717, 1.165) is 11.8 Å². The molecule has 0 aliphatic carbocycles. The summed E-state index contributed by atoms with van der Waals surface area (Å²) < 4.78 is 25.8. The van der Waals surface area contributed by atoms with Crippen molar-refractivity contribution in [2.75, 3.05) is 22.4 Å². The summed E-state index contributed by atoms with van der Waals surface area (Å²) in [4.78, 5) is 18.5. The first-order chi connectivity index (χ1) is 10.9. The first kappa shape index (κ1) is 15.2. The second kappa shape index (κ2) is 5.51. The Labute approximate surface area is 132 Å². The number of carboxylic acids is 1. The number of hydrogen-bond donors (Lipinski definition) is 2. The summed E-state index contributed by atoms with van der Waals surface area (Å²) in [6.45, 7) is 0. The van der Waals surface area contributed by atoms with Gasteiger partial charge in [0.25, 0.3) is 0 Å². The lowest BCUT2D eigenvalue weighted by Crippen LogP contribution is -2.39. The average Bonchev–Trinajstić information content (AvgIpc) is 2.53. The van der Waals surface area contributed by atoms with E-state index < -0.39 is 22.0 Å². The Morgan fingerprint density at radius 3 is 2.70 bits per heavy atom. The largest absolute Gasteiger partial charge is 0.476 e. The van der Waals surface area contributed by atoms with E-state index in [0.29, 0.717) is 11.5 Å². The molecule has 2 heterocycles. The minimum absolute atomic E-state index is 0.122. The zero-order chi connectivity index (χ0) is 16.6. The predicted octanol–water partition coefficient (Wildman–Crippen LogP) is 1.11. The molecule has 8 nitrogen and oxygen atoms in total. The van der Waals surface area contributed by atoms with Gasteiger partial charge in [0, 0.05) is 7.05 Å². The van der Waals surface area contributed by atoms with Gasteiger partial charge >= 0.3 is 5.97 Å². The molecule has 2 N–H and O–H groups in total. The van der Waals surface area contributed by atoms with E-state index in [1.54, 1.807) is 12.1 Å². The quantitative estimate of drug-likeness (QED) is 0.864. The summed E-state index contributed by atoms with van der Waals surface area (Å²) >= 11 is 0. The second-order valence-electron chi connectivity index (χ2n) is 5.09. The molecule has 1 aromatic carbocycles. The third-order valence-corrected chi connectivity index (χ3v) is 5.42. The number of sulfonamides is 1. The van der Waals surface area contributed by atoms with Crippen molar-refractivity contribution in [1.29, 1.82) is 0 Å². The van der Waals surface area contributed by atoms with Crippen LogP contribution in [0.3, 0.4) is 0 Å². The lowest BCUT2D eigenvalue weighted by molar-refractivity contribution is 0.0690. The summed E-state index contributed by atoms with van der Waals surface area (Å²) in [6, 6.07) is 6.70. The smallest absolute Gasteiger partial charge is 0.356 e. The topological polar surface area (TPSA) is 112 Å². The molecule has 0 bridgehead atoms. The predicted molar refractivity (Wildman–Crippen MR) is 84.0 cm³/mol. The highest BCUT2D eigenvalue weighted by Crippen LogP contribution is 2.35. The summed E-state index contributed by atoms with van der Waals surface area (Å²) in [5.41, 5.74) is 1.26. The first-order valence-corrected chi connectivity index (χ1v) is 8.37. The van der Waals surface area contributed by atoms with Crippen LogP contribution in [0.25, 0.3) is 0 Å². The molecule has 1 unspecified atom stereocenters. The molecule has 0 amide bonds. The Kier molecular flexibility index (Phi) is 3.64. The molecule has 9 heteroatoms. The molecule has 1 atom stereocenters. The molecular formula is C14H14N4O4S. The molecule has 3 rings (SSSR count). The molecule has 0 radical (unpaired) electrons. The Bertz CT molecular complexity index is 851. The Balaban J connectivity index is 1.93. The van der Waals surface area contributed by atoms with Gasteiger partial charge in [-0.05, 0) is 11.6 Å². The molecule has 2 aromatic rings. The molecule has 0 saturated heterocycles. The van der Waals surface area contributed by atoms with Crippen molar-refractivity contribution >= 4 is 27.5 Å². The summed E-state index contributed by atoms with van der Waals surface area (Å²) in [5, 5.41) is 11.8. The van der Waals surface area contributed by atoms with E-state index in [4.69, 9.17) is 5.11 Å². The molecular weight excluding hydrogens is 320 g/mol. The van der Waals surface area contributed by atoms with E-state index in [1.165, 1.54) is 17.5 Å². The van der Waals surface area contributed by atoms with Gasteiger partial charge in [0.2, 0.25) is 10.0 Å². The van der Waals surface area contributed by atoms with Crippen LogP contribution in [0.15, 0.2) is 36.7 Å². The number of anilines is 2. The van der Waals surface area contributed by atoms with Gasteiger partial charge in [-0.1, -0.05) is 18.2 Å². The number of nitrogens with one attached hydrogen (secondary N) is 1. The van der Waals surface area contributed by atoms with Crippen LogP contribution in [0.5, 0.6) is 0 Å². The molecule has 1 aliphatic rings. The number of hydrogen-bond acceptors (Lipinski definition) is 6. The van der Waals surface area contributed by atoms with Crippen LogP contribution in [0.1, 0.15) is 22.1 Å². The number of carboxylic acid groups (broad SMARTS) is 1. The van der Waals surface area contributed by atoms with E-state index in [2.05, 4.69) is 15.3 Å². The van der Waals surface area contributed by atoms with Gasteiger partial charge in [-0.25, -0.2) is 23.2 Å². The van der Waals surface area contributed by atoms with Crippen molar-refractivity contribution in [3.05, 3.63) is 47.9 Å². The van der Waals surface area contributed by atoms with Crippen LogP contribution in [0.4, 0.5) is 11.5 Å². The van der Waals surface area contributed by atoms with Crippen molar-refractivity contribution < 1.29 is 18.3 Å². The SMILES string of the molecule is CN1c2ccccc2C(Nc2cnc(C(=O)O)cn2)CS1(=O)=O. The number of aromatic carboxylic acids is 1. The molecule has 1 aromatic heterocycles. The lowest BCUT2D eigenvalue weighted by atomic mass is 10.1. The second-order valence-corrected chi connectivity index (χ2v) is 7.14. The monoisotopic (exact) mass is 334 g/mol. The zero-order valence-corrected chi connectivity index (χ0v) is 13.0. The summed E-state index contributed by atoms with van der Waals surface area (Å²) in [7, 11) is -1.92. The highest BCUT2D eigenvalue weighted by molar-refractivity contribution is 7.92. The van der Waals surface area contributed by atoms with E-state index in [-0.39, 0.29) is 11.4 Å². The zero-order valence-electron chi connectivity index (χ0n) is 12.2. The minimum atomic E-state index is -3.44. The fourth-order valence-electron chi connectivity index (χ4n) is 2.44. The number of fused-ring (bicyclic) bond motifs is 1.